The average Bonchev–Trinajstić information content (AvgIpc) is 2.30. The van der Waals surface area contributed by atoms with Crippen LogP contribution in [-0.2, 0) is 4.74 Å². The summed E-state index contributed by atoms with van der Waals surface area (Å²) >= 11 is 6.12. The Morgan fingerprint density at radius 1 is 1.47 bits per heavy atom. The summed E-state index contributed by atoms with van der Waals surface area (Å²) in [5.74, 6) is 0. The maximum atomic E-state index is 6.12. The molecule has 0 saturated carbocycles. The molecular formula is C12H16ClNO. The first kappa shape index (κ1) is 10.9. The first-order chi connectivity index (χ1) is 7.31. The minimum Gasteiger partial charge on any atom is -0.371 e. The van der Waals surface area contributed by atoms with E-state index in [1.807, 2.05) is 24.3 Å². The van der Waals surface area contributed by atoms with Crippen LogP contribution in [0.3, 0.4) is 0 Å². The summed E-state index contributed by atoms with van der Waals surface area (Å²) in [4.78, 5) is 0. The van der Waals surface area contributed by atoms with Crippen LogP contribution in [-0.4, -0.2) is 19.2 Å². The van der Waals surface area contributed by atoms with Gasteiger partial charge in [0, 0.05) is 23.2 Å². The van der Waals surface area contributed by atoms with E-state index < -0.39 is 0 Å². The molecule has 82 valence electrons. The van der Waals surface area contributed by atoms with Crippen molar-refractivity contribution in [2.24, 2.45) is 0 Å². The van der Waals surface area contributed by atoms with Gasteiger partial charge in [0.05, 0.1) is 12.7 Å². The second-order valence-corrected chi connectivity index (χ2v) is 4.26. The monoisotopic (exact) mass is 225 g/mol. The lowest BCUT2D eigenvalue weighted by molar-refractivity contribution is 0.00229. The van der Waals surface area contributed by atoms with Gasteiger partial charge in [-0.15, -0.1) is 0 Å². The van der Waals surface area contributed by atoms with Gasteiger partial charge in [0.25, 0.3) is 0 Å². The largest absolute Gasteiger partial charge is 0.371 e. The van der Waals surface area contributed by atoms with Crippen molar-refractivity contribution >= 4 is 11.6 Å². The first-order valence-corrected chi connectivity index (χ1v) is 5.78. The molecule has 15 heavy (non-hydrogen) atoms. The van der Waals surface area contributed by atoms with E-state index in [2.05, 4.69) is 12.2 Å². The maximum absolute atomic E-state index is 6.12. The molecule has 0 bridgehead atoms. The summed E-state index contributed by atoms with van der Waals surface area (Å²) in [6.45, 7) is 3.78. The molecule has 1 saturated heterocycles. The van der Waals surface area contributed by atoms with Crippen LogP contribution in [0.4, 0.5) is 0 Å². The maximum Gasteiger partial charge on any atom is 0.0964 e. The van der Waals surface area contributed by atoms with Gasteiger partial charge in [0.2, 0.25) is 0 Å². The van der Waals surface area contributed by atoms with E-state index in [0.29, 0.717) is 6.04 Å². The van der Waals surface area contributed by atoms with Gasteiger partial charge < -0.3 is 10.1 Å². The molecule has 1 N–H and O–H groups in total. The fraction of sp³-hybridized carbons (Fsp3) is 0.500. The van der Waals surface area contributed by atoms with Gasteiger partial charge in [-0.3, -0.25) is 0 Å². The Bertz CT molecular complexity index is 321. The number of rotatable bonds is 2. The molecule has 2 rings (SSSR count). The molecule has 2 unspecified atom stereocenters. The first-order valence-electron chi connectivity index (χ1n) is 5.40. The predicted octanol–water partition coefficient (Wildman–Crippen LogP) is 2.78. The lowest BCUT2D eigenvalue weighted by Crippen LogP contribution is -2.42. The highest BCUT2D eigenvalue weighted by Gasteiger charge is 2.22. The molecule has 1 aromatic carbocycles. The van der Waals surface area contributed by atoms with Crippen molar-refractivity contribution in [1.82, 2.24) is 5.32 Å². The van der Waals surface area contributed by atoms with Gasteiger partial charge in [0.15, 0.2) is 0 Å². The smallest absolute Gasteiger partial charge is 0.0964 e. The summed E-state index contributed by atoms with van der Waals surface area (Å²) in [5.41, 5.74) is 1.08. The summed E-state index contributed by atoms with van der Waals surface area (Å²) in [6.07, 6.45) is 1.21. The van der Waals surface area contributed by atoms with Crippen molar-refractivity contribution in [2.75, 3.05) is 13.2 Å². The lowest BCUT2D eigenvalue weighted by Gasteiger charge is -2.30. The number of ether oxygens (including phenoxy) is 1. The van der Waals surface area contributed by atoms with Gasteiger partial charge >= 0.3 is 0 Å². The molecular weight excluding hydrogens is 210 g/mol. The molecule has 1 aliphatic rings. The summed E-state index contributed by atoms with van der Waals surface area (Å²) < 4.78 is 5.80. The molecule has 1 fully saturated rings. The van der Waals surface area contributed by atoms with E-state index >= 15 is 0 Å². The second kappa shape index (κ2) is 4.97. The molecule has 0 spiro atoms. The number of morpholine rings is 1. The highest BCUT2D eigenvalue weighted by Crippen LogP contribution is 2.26. The van der Waals surface area contributed by atoms with Gasteiger partial charge in [-0.1, -0.05) is 36.7 Å². The van der Waals surface area contributed by atoms with Crippen LogP contribution in [0.15, 0.2) is 24.3 Å². The normalized spacial score (nSPS) is 26.5. The summed E-state index contributed by atoms with van der Waals surface area (Å²) in [5, 5.41) is 4.25. The van der Waals surface area contributed by atoms with Gasteiger partial charge in [-0.2, -0.15) is 0 Å². The molecule has 0 aliphatic carbocycles. The standard InChI is InChI=1S/C12H16ClNO/c1-2-9-8-15-12(7-14-9)10-5-3-4-6-11(10)13/h3-6,9,12,14H,2,7-8H2,1H3. The Labute approximate surface area is 95.6 Å². The SMILES string of the molecule is CCC1COC(c2ccccc2Cl)CN1. The zero-order valence-electron chi connectivity index (χ0n) is 8.87. The molecule has 3 heteroatoms. The van der Waals surface area contributed by atoms with Crippen LogP contribution in [0.2, 0.25) is 5.02 Å². The van der Waals surface area contributed by atoms with Crippen LogP contribution >= 0.6 is 11.6 Å². The fourth-order valence-electron chi connectivity index (χ4n) is 1.82. The Morgan fingerprint density at radius 3 is 2.87 bits per heavy atom. The highest BCUT2D eigenvalue weighted by molar-refractivity contribution is 6.31. The summed E-state index contributed by atoms with van der Waals surface area (Å²) in [6, 6.07) is 8.37. The predicted molar refractivity (Wildman–Crippen MR) is 62.2 cm³/mol. The van der Waals surface area contributed by atoms with Crippen LogP contribution in [0.25, 0.3) is 0 Å². The van der Waals surface area contributed by atoms with E-state index in [9.17, 15) is 0 Å². The molecule has 0 aromatic heterocycles. The van der Waals surface area contributed by atoms with Gasteiger partial charge in [0.1, 0.15) is 0 Å². The number of hydrogen-bond donors (Lipinski definition) is 1. The third kappa shape index (κ3) is 2.51. The summed E-state index contributed by atoms with van der Waals surface area (Å²) in [7, 11) is 0. The number of hydrogen-bond acceptors (Lipinski definition) is 2. The van der Waals surface area contributed by atoms with E-state index in [4.69, 9.17) is 16.3 Å². The topological polar surface area (TPSA) is 21.3 Å². The Kier molecular flexibility index (Phi) is 3.62. The number of halogens is 1. The Balaban J connectivity index is 2.04. The van der Waals surface area contributed by atoms with Crippen molar-refractivity contribution in [3.63, 3.8) is 0 Å². The van der Waals surface area contributed by atoms with E-state index in [1.54, 1.807) is 0 Å². The zero-order valence-corrected chi connectivity index (χ0v) is 9.63. The van der Waals surface area contributed by atoms with Crippen molar-refractivity contribution in [2.45, 2.75) is 25.5 Å². The van der Waals surface area contributed by atoms with Crippen LogP contribution in [0.5, 0.6) is 0 Å². The van der Waals surface area contributed by atoms with E-state index in [-0.39, 0.29) is 6.10 Å². The molecule has 0 radical (unpaired) electrons. The third-order valence-corrected chi connectivity index (χ3v) is 3.18. The fourth-order valence-corrected chi connectivity index (χ4v) is 2.08. The van der Waals surface area contributed by atoms with Gasteiger partial charge in [-0.05, 0) is 12.5 Å². The van der Waals surface area contributed by atoms with Crippen molar-refractivity contribution < 1.29 is 4.74 Å². The van der Waals surface area contributed by atoms with Crippen molar-refractivity contribution in [3.05, 3.63) is 34.9 Å². The number of nitrogens with one attached hydrogen (secondary N) is 1. The lowest BCUT2D eigenvalue weighted by atomic mass is 10.1. The minimum atomic E-state index is 0.0986. The number of benzene rings is 1. The second-order valence-electron chi connectivity index (χ2n) is 3.86. The molecule has 2 atom stereocenters. The van der Waals surface area contributed by atoms with E-state index in [0.717, 1.165) is 30.2 Å². The molecule has 1 aromatic rings. The minimum absolute atomic E-state index is 0.0986. The molecule has 1 heterocycles. The van der Waals surface area contributed by atoms with E-state index in [1.165, 1.54) is 0 Å². The zero-order chi connectivity index (χ0) is 10.7. The molecule has 1 aliphatic heterocycles. The quantitative estimate of drug-likeness (QED) is 0.836. The van der Waals surface area contributed by atoms with Crippen molar-refractivity contribution in [3.8, 4) is 0 Å². The van der Waals surface area contributed by atoms with Gasteiger partial charge in [-0.25, -0.2) is 0 Å². The van der Waals surface area contributed by atoms with Crippen LogP contribution in [0, 0.1) is 0 Å². The Hall–Kier alpha value is -0.570. The highest BCUT2D eigenvalue weighted by atomic mass is 35.5. The molecule has 2 nitrogen and oxygen atoms in total. The van der Waals surface area contributed by atoms with Crippen LogP contribution in [0.1, 0.15) is 25.0 Å². The Morgan fingerprint density at radius 2 is 2.27 bits per heavy atom. The average molecular weight is 226 g/mol. The van der Waals surface area contributed by atoms with Crippen molar-refractivity contribution in [1.29, 1.82) is 0 Å². The van der Waals surface area contributed by atoms with Crippen LogP contribution < -0.4 is 5.32 Å². The molecule has 0 amide bonds. The third-order valence-electron chi connectivity index (χ3n) is 2.84.